The number of primary amides is 1. The van der Waals surface area contributed by atoms with Gasteiger partial charge in [-0.15, -0.1) is 0 Å². The lowest BCUT2D eigenvalue weighted by Crippen LogP contribution is -2.42. The van der Waals surface area contributed by atoms with E-state index in [1.165, 1.54) is 0 Å². The first-order chi connectivity index (χ1) is 11.6. The molecule has 4 nitrogen and oxygen atoms in total. The fraction of sp³-hybridized carbons (Fsp3) is 0.0500. The maximum absolute atomic E-state index is 11.9. The van der Waals surface area contributed by atoms with Crippen molar-refractivity contribution >= 4 is 5.91 Å². The quantitative estimate of drug-likeness (QED) is 0.758. The third-order valence-electron chi connectivity index (χ3n) is 3.80. The van der Waals surface area contributed by atoms with Crippen LogP contribution in [0.15, 0.2) is 84.9 Å². The van der Waals surface area contributed by atoms with Gasteiger partial charge in [-0.3, -0.25) is 4.79 Å². The van der Waals surface area contributed by atoms with Crippen LogP contribution in [0.5, 0.6) is 11.5 Å². The van der Waals surface area contributed by atoms with Crippen LogP contribution in [0.3, 0.4) is 0 Å². The van der Waals surface area contributed by atoms with Gasteiger partial charge in [0.1, 0.15) is 11.5 Å². The van der Waals surface area contributed by atoms with E-state index < -0.39 is 11.5 Å². The summed E-state index contributed by atoms with van der Waals surface area (Å²) in [6, 6.07) is 24.6. The van der Waals surface area contributed by atoms with E-state index in [1.807, 2.05) is 36.4 Å². The van der Waals surface area contributed by atoms with E-state index in [-0.39, 0.29) is 0 Å². The van der Waals surface area contributed by atoms with Crippen LogP contribution < -0.4 is 10.5 Å². The molecule has 0 aromatic heterocycles. The SMILES string of the molecule is NC(=O)C(O)(c1ccccc1)c1ccc(Oc2ccccc2)cc1. The van der Waals surface area contributed by atoms with Gasteiger partial charge in [0.05, 0.1) is 0 Å². The van der Waals surface area contributed by atoms with Crippen LogP contribution in [-0.4, -0.2) is 11.0 Å². The predicted molar refractivity (Wildman–Crippen MR) is 91.6 cm³/mol. The number of benzene rings is 3. The zero-order valence-electron chi connectivity index (χ0n) is 12.9. The Labute approximate surface area is 140 Å². The molecule has 3 N–H and O–H groups in total. The van der Waals surface area contributed by atoms with Gasteiger partial charge in [0, 0.05) is 0 Å². The minimum Gasteiger partial charge on any atom is -0.457 e. The molecule has 3 aromatic carbocycles. The Morgan fingerprint density at radius 3 is 1.75 bits per heavy atom. The maximum atomic E-state index is 11.9. The normalized spacial score (nSPS) is 13.0. The molecule has 0 aliphatic carbocycles. The van der Waals surface area contributed by atoms with Crippen LogP contribution in [0, 0.1) is 0 Å². The summed E-state index contributed by atoms with van der Waals surface area (Å²) in [5, 5.41) is 10.9. The molecule has 0 radical (unpaired) electrons. The first-order valence-corrected chi connectivity index (χ1v) is 7.52. The van der Waals surface area contributed by atoms with E-state index in [9.17, 15) is 9.90 Å². The summed E-state index contributed by atoms with van der Waals surface area (Å²) in [7, 11) is 0. The third-order valence-corrected chi connectivity index (χ3v) is 3.80. The van der Waals surface area contributed by atoms with Crippen LogP contribution in [0.25, 0.3) is 0 Å². The van der Waals surface area contributed by atoms with E-state index in [1.54, 1.807) is 48.5 Å². The minimum atomic E-state index is -1.88. The fourth-order valence-corrected chi connectivity index (χ4v) is 2.52. The van der Waals surface area contributed by atoms with Crippen molar-refractivity contribution in [2.24, 2.45) is 5.73 Å². The minimum absolute atomic E-state index is 0.390. The fourth-order valence-electron chi connectivity index (χ4n) is 2.52. The Bertz CT molecular complexity index is 817. The molecule has 3 rings (SSSR count). The molecule has 4 heteroatoms. The molecular formula is C20H17NO3. The van der Waals surface area contributed by atoms with Gasteiger partial charge >= 0.3 is 0 Å². The standard InChI is InChI=1S/C20H17NO3/c21-19(22)20(23,15-7-3-1-4-8-15)16-11-13-18(14-12-16)24-17-9-5-2-6-10-17/h1-14,23H,(H2,21,22). The Morgan fingerprint density at radius 1 is 0.750 bits per heavy atom. The van der Waals surface area contributed by atoms with Crippen LogP contribution in [0.2, 0.25) is 0 Å². The molecule has 1 atom stereocenters. The summed E-state index contributed by atoms with van der Waals surface area (Å²) in [5.74, 6) is 0.480. The van der Waals surface area contributed by atoms with Gasteiger partial charge in [-0.25, -0.2) is 0 Å². The highest BCUT2D eigenvalue weighted by Crippen LogP contribution is 2.31. The lowest BCUT2D eigenvalue weighted by atomic mass is 9.86. The smallest absolute Gasteiger partial charge is 0.258 e. The Balaban J connectivity index is 1.92. The molecule has 24 heavy (non-hydrogen) atoms. The third kappa shape index (κ3) is 3.00. The number of carbonyl (C=O) groups is 1. The van der Waals surface area contributed by atoms with Crippen molar-refractivity contribution < 1.29 is 14.6 Å². The number of ether oxygens (including phenoxy) is 1. The Kier molecular flexibility index (Phi) is 4.31. The molecule has 0 bridgehead atoms. The second kappa shape index (κ2) is 6.56. The molecule has 120 valence electrons. The summed E-state index contributed by atoms with van der Waals surface area (Å²) in [4.78, 5) is 11.9. The number of hydrogen-bond donors (Lipinski definition) is 2. The number of hydrogen-bond acceptors (Lipinski definition) is 3. The van der Waals surface area contributed by atoms with E-state index in [0.717, 1.165) is 0 Å². The largest absolute Gasteiger partial charge is 0.457 e. The van der Waals surface area contributed by atoms with E-state index in [4.69, 9.17) is 10.5 Å². The molecule has 0 spiro atoms. The van der Waals surface area contributed by atoms with Crippen molar-refractivity contribution in [2.75, 3.05) is 0 Å². The van der Waals surface area contributed by atoms with Crippen molar-refractivity contribution in [3.8, 4) is 11.5 Å². The molecule has 0 fully saturated rings. The molecule has 1 unspecified atom stereocenters. The van der Waals surface area contributed by atoms with Crippen molar-refractivity contribution in [3.05, 3.63) is 96.1 Å². The second-order valence-corrected chi connectivity index (χ2v) is 5.38. The number of nitrogens with two attached hydrogens (primary N) is 1. The molecule has 3 aromatic rings. The first-order valence-electron chi connectivity index (χ1n) is 7.52. The maximum Gasteiger partial charge on any atom is 0.258 e. The molecule has 1 amide bonds. The first kappa shape index (κ1) is 15.8. The van der Waals surface area contributed by atoms with Crippen LogP contribution in [0.1, 0.15) is 11.1 Å². The summed E-state index contributed by atoms with van der Waals surface area (Å²) >= 11 is 0. The topological polar surface area (TPSA) is 72.6 Å². The Hall–Kier alpha value is -3.11. The molecular weight excluding hydrogens is 302 g/mol. The highest BCUT2D eigenvalue weighted by molar-refractivity contribution is 5.88. The van der Waals surface area contributed by atoms with Crippen molar-refractivity contribution in [1.29, 1.82) is 0 Å². The molecule has 0 heterocycles. The van der Waals surface area contributed by atoms with E-state index in [2.05, 4.69) is 0 Å². The van der Waals surface area contributed by atoms with E-state index >= 15 is 0 Å². The lowest BCUT2D eigenvalue weighted by Gasteiger charge is -2.25. The van der Waals surface area contributed by atoms with Gasteiger partial charge in [-0.2, -0.15) is 0 Å². The second-order valence-electron chi connectivity index (χ2n) is 5.38. The van der Waals surface area contributed by atoms with Gasteiger partial charge in [0.15, 0.2) is 5.60 Å². The zero-order chi connectivity index (χ0) is 17.0. The van der Waals surface area contributed by atoms with Gasteiger partial charge in [0.2, 0.25) is 0 Å². The Morgan fingerprint density at radius 2 is 1.21 bits per heavy atom. The summed E-state index contributed by atoms with van der Waals surface area (Å²) < 4.78 is 5.71. The van der Waals surface area contributed by atoms with Gasteiger partial charge in [-0.1, -0.05) is 60.7 Å². The number of para-hydroxylation sites is 1. The number of aliphatic hydroxyl groups is 1. The summed E-state index contributed by atoms with van der Waals surface area (Å²) in [5.41, 5.74) is 4.41. The number of carbonyl (C=O) groups excluding carboxylic acids is 1. The number of amides is 1. The molecule has 0 saturated heterocycles. The highest BCUT2D eigenvalue weighted by atomic mass is 16.5. The summed E-state index contributed by atoms with van der Waals surface area (Å²) in [6.45, 7) is 0. The number of rotatable bonds is 5. The lowest BCUT2D eigenvalue weighted by molar-refractivity contribution is -0.133. The van der Waals surface area contributed by atoms with Gasteiger partial charge in [-0.05, 0) is 35.4 Å². The molecule has 0 saturated carbocycles. The molecule has 0 aliphatic rings. The van der Waals surface area contributed by atoms with Crippen LogP contribution in [0.4, 0.5) is 0 Å². The van der Waals surface area contributed by atoms with Crippen LogP contribution in [-0.2, 0) is 10.4 Å². The van der Waals surface area contributed by atoms with Crippen molar-refractivity contribution in [1.82, 2.24) is 0 Å². The predicted octanol–water partition coefficient (Wildman–Crippen LogP) is 3.20. The van der Waals surface area contributed by atoms with E-state index in [0.29, 0.717) is 22.6 Å². The zero-order valence-corrected chi connectivity index (χ0v) is 12.9. The van der Waals surface area contributed by atoms with Gasteiger partial charge in [0.25, 0.3) is 5.91 Å². The van der Waals surface area contributed by atoms with Crippen LogP contribution >= 0.6 is 0 Å². The molecule has 0 aliphatic heterocycles. The van der Waals surface area contributed by atoms with Crippen molar-refractivity contribution in [3.63, 3.8) is 0 Å². The summed E-state index contributed by atoms with van der Waals surface area (Å²) in [6.07, 6.45) is 0. The highest BCUT2D eigenvalue weighted by Gasteiger charge is 2.37. The average molecular weight is 319 g/mol. The van der Waals surface area contributed by atoms with Crippen molar-refractivity contribution in [2.45, 2.75) is 5.60 Å². The average Bonchev–Trinajstić information content (AvgIpc) is 2.63. The van der Waals surface area contributed by atoms with Gasteiger partial charge < -0.3 is 15.6 Å². The monoisotopic (exact) mass is 319 g/mol.